The Balaban J connectivity index is 1.37. The van der Waals surface area contributed by atoms with E-state index < -0.39 is 23.9 Å². The molecule has 0 bridgehead atoms. The van der Waals surface area contributed by atoms with Gasteiger partial charge in [-0.15, -0.1) is 0 Å². The lowest BCUT2D eigenvalue weighted by Gasteiger charge is -2.39. The number of nitrogens with one attached hydrogen (secondary N) is 2. The second kappa shape index (κ2) is 11.2. The van der Waals surface area contributed by atoms with Gasteiger partial charge in [0.05, 0.1) is 23.6 Å². The molecule has 3 aliphatic heterocycles. The number of halogens is 2. The molecule has 0 aliphatic carbocycles. The number of para-hydroxylation sites is 1. The van der Waals surface area contributed by atoms with Crippen molar-refractivity contribution in [3.8, 4) is 0 Å². The largest absolute Gasteiger partial charge is 0.359 e. The Hall–Kier alpha value is -4.44. The van der Waals surface area contributed by atoms with Crippen LogP contribution in [0.3, 0.4) is 0 Å². The van der Waals surface area contributed by atoms with Gasteiger partial charge in [0.15, 0.2) is 0 Å². The van der Waals surface area contributed by atoms with Gasteiger partial charge in [-0.3, -0.25) is 9.59 Å². The van der Waals surface area contributed by atoms with E-state index in [2.05, 4.69) is 15.6 Å². The minimum Gasteiger partial charge on any atom is -0.359 e. The predicted octanol–water partition coefficient (Wildman–Crippen LogP) is 4.25. The van der Waals surface area contributed by atoms with Crippen LogP contribution >= 0.6 is 11.6 Å². The SMILES string of the molecule is O=C(Nc1ccc(Cl)cc1)NC1N=C(c2ccccc2F)c2cccc3c2N(CCN3CC(=O)N2CCCC2)C1=O. The summed E-state index contributed by atoms with van der Waals surface area (Å²) in [6.07, 6.45) is 0.670. The third-order valence-corrected chi connectivity index (χ3v) is 7.77. The van der Waals surface area contributed by atoms with E-state index in [1.807, 2.05) is 21.9 Å². The molecule has 4 amide bonds. The van der Waals surface area contributed by atoms with Crippen LogP contribution in [0.15, 0.2) is 71.7 Å². The van der Waals surface area contributed by atoms with Crippen molar-refractivity contribution < 1.29 is 18.8 Å². The summed E-state index contributed by atoms with van der Waals surface area (Å²) in [7, 11) is 0. The highest BCUT2D eigenvalue weighted by atomic mass is 35.5. The van der Waals surface area contributed by atoms with Crippen molar-refractivity contribution in [3.05, 3.63) is 88.7 Å². The van der Waals surface area contributed by atoms with E-state index in [0.29, 0.717) is 34.2 Å². The van der Waals surface area contributed by atoms with E-state index in [0.717, 1.165) is 25.9 Å². The fraction of sp³-hybridized carbons (Fsp3) is 0.267. The van der Waals surface area contributed by atoms with Gasteiger partial charge >= 0.3 is 6.03 Å². The van der Waals surface area contributed by atoms with Crippen LogP contribution in [0.2, 0.25) is 5.02 Å². The van der Waals surface area contributed by atoms with Crippen LogP contribution in [0.5, 0.6) is 0 Å². The molecule has 0 spiro atoms. The van der Waals surface area contributed by atoms with Crippen LogP contribution in [0, 0.1) is 5.82 Å². The second-order valence-corrected chi connectivity index (χ2v) is 10.6. The fourth-order valence-corrected chi connectivity index (χ4v) is 5.64. The number of urea groups is 1. The van der Waals surface area contributed by atoms with E-state index >= 15 is 4.39 Å². The summed E-state index contributed by atoms with van der Waals surface area (Å²) in [5, 5.41) is 5.86. The van der Waals surface area contributed by atoms with Gasteiger partial charge < -0.3 is 25.3 Å². The number of amides is 4. The second-order valence-electron chi connectivity index (χ2n) is 10.1. The average molecular weight is 575 g/mol. The molecule has 1 saturated heterocycles. The van der Waals surface area contributed by atoms with Crippen LogP contribution in [0.1, 0.15) is 24.0 Å². The predicted molar refractivity (Wildman–Crippen MR) is 156 cm³/mol. The highest BCUT2D eigenvalue weighted by Gasteiger charge is 2.38. The molecule has 11 heteroatoms. The lowest BCUT2D eigenvalue weighted by atomic mass is 9.97. The number of hydrogen-bond donors (Lipinski definition) is 2. The molecule has 9 nitrogen and oxygen atoms in total. The maximum Gasteiger partial charge on any atom is 0.321 e. The molecule has 1 atom stereocenters. The van der Waals surface area contributed by atoms with Crippen molar-refractivity contribution in [2.24, 2.45) is 4.99 Å². The number of likely N-dealkylation sites (tertiary alicyclic amines) is 1. The van der Waals surface area contributed by atoms with Gasteiger partial charge in [0.1, 0.15) is 5.82 Å². The van der Waals surface area contributed by atoms with Crippen LogP contribution < -0.4 is 20.4 Å². The Morgan fingerprint density at radius 2 is 1.66 bits per heavy atom. The average Bonchev–Trinajstić information content (AvgIpc) is 3.49. The molecule has 2 N–H and O–H groups in total. The molecule has 3 aromatic carbocycles. The Morgan fingerprint density at radius 3 is 2.41 bits per heavy atom. The molecule has 0 radical (unpaired) electrons. The Labute approximate surface area is 241 Å². The standard InChI is InChI=1S/C30H28ClFN6O3/c31-19-10-12-20(13-11-19)33-30(41)35-28-29(40)38-17-16-37(18-25(39)36-14-3-4-15-36)24-9-5-7-22(27(24)38)26(34-28)21-6-1-2-8-23(21)32/h1-2,5-13,28H,3-4,14-18H2,(H2,33,35,41). The van der Waals surface area contributed by atoms with Crippen molar-refractivity contribution in [2.75, 3.05) is 47.8 Å². The van der Waals surface area contributed by atoms with Gasteiger partial charge in [-0.1, -0.05) is 35.9 Å². The molecule has 3 aliphatic rings. The van der Waals surface area contributed by atoms with E-state index in [-0.39, 0.29) is 30.3 Å². The van der Waals surface area contributed by atoms with E-state index in [1.54, 1.807) is 53.4 Å². The molecule has 0 saturated carbocycles. The molecule has 3 aromatic rings. The third-order valence-electron chi connectivity index (χ3n) is 7.52. The smallest absolute Gasteiger partial charge is 0.321 e. The summed E-state index contributed by atoms with van der Waals surface area (Å²) in [5.41, 5.74) is 2.69. The van der Waals surface area contributed by atoms with E-state index in [1.165, 1.54) is 6.07 Å². The number of benzene rings is 3. The van der Waals surface area contributed by atoms with Crippen molar-refractivity contribution in [1.82, 2.24) is 10.2 Å². The first-order valence-corrected chi connectivity index (χ1v) is 13.9. The summed E-state index contributed by atoms with van der Waals surface area (Å²) >= 11 is 5.94. The van der Waals surface area contributed by atoms with Crippen LogP contribution in [-0.2, 0) is 9.59 Å². The van der Waals surface area contributed by atoms with Gasteiger partial charge in [0.2, 0.25) is 12.1 Å². The zero-order valence-corrected chi connectivity index (χ0v) is 22.9. The molecule has 1 unspecified atom stereocenters. The number of carbonyl (C=O) groups is 3. The first kappa shape index (κ1) is 26.8. The summed E-state index contributed by atoms with van der Waals surface area (Å²) in [5.74, 6) is -0.928. The number of hydrogen-bond acceptors (Lipinski definition) is 5. The summed E-state index contributed by atoms with van der Waals surface area (Å²) < 4.78 is 15.2. The van der Waals surface area contributed by atoms with Crippen molar-refractivity contribution in [2.45, 2.75) is 19.0 Å². The lowest BCUT2D eigenvalue weighted by molar-refractivity contribution is -0.128. The first-order chi connectivity index (χ1) is 19.9. The van der Waals surface area contributed by atoms with Gasteiger partial charge in [0, 0.05) is 48.0 Å². The van der Waals surface area contributed by atoms with Crippen LogP contribution in [-0.4, -0.2) is 67.3 Å². The monoisotopic (exact) mass is 574 g/mol. The zero-order valence-electron chi connectivity index (χ0n) is 22.1. The molecule has 1 fully saturated rings. The fourth-order valence-electron chi connectivity index (χ4n) is 5.52. The zero-order chi connectivity index (χ0) is 28.5. The molecule has 6 rings (SSSR count). The maximum atomic E-state index is 15.2. The Morgan fingerprint density at radius 1 is 0.927 bits per heavy atom. The Kier molecular flexibility index (Phi) is 7.32. The minimum absolute atomic E-state index is 0.0370. The van der Waals surface area contributed by atoms with Crippen molar-refractivity contribution in [3.63, 3.8) is 0 Å². The number of anilines is 3. The third kappa shape index (κ3) is 5.35. The number of aliphatic imine (C=N–C) groups is 1. The molecule has 41 heavy (non-hydrogen) atoms. The van der Waals surface area contributed by atoms with E-state index in [9.17, 15) is 14.4 Å². The quantitative estimate of drug-likeness (QED) is 0.476. The van der Waals surface area contributed by atoms with Gasteiger partial charge in [-0.05, 0) is 55.3 Å². The summed E-state index contributed by atoms with van der Waals surface area (Å²) in [4.78, 5) is 50.0. The van der Waals surface area contributed by atoms with Crippen molar-refractivity contribution >= 4 is 52.2 Å². The van der Waals surface area contributed by atoms with Gasteiger partial charge in [-0.25, -0.2) is 14.2 Å². The van der Waals surface area contributed by atoms with Gasteiger partial charge in [-0.2, -0.15) is 0 Å². The molecular weight excluding hydrogens is 547 g/mol. The molecule has 3 heterocycles. The summed E-state index contributed by atoms with van der Waals surface area (Å²) in [6, 6.07) is 17.5. The maximum absolute atomic E-state index is 15.2. The lowest BCUT2D eigenvalue weighted by Crippen LogP contribution is -2.53. The highest BCUT2D eigenvalue weighted by Crippen LogP contribution is 2.40. The van der Waals surface area contributed by atoms with Crippen LogP contribution in [0.4, 0.5) is 26.2 Å². The number of rotatable bonds is 5. The minimum atomic E-state index is -1.32. The van der Waals surface area contributed by atoms with E-state index in [4.69, 9.17) is 11.6 Å². The molecular formula is C30H28ClFN6O3. The highest BCUT2D eigenvalue weighted by molar-refractivity contribution is 6.30. The molecule has 0 aromatic heterocycles. The van der Waals surface area contributed by atoms with Crippen molar-refractivity contribution in [1.29, 1.82) is 0 Å². The Bertz CT molecular complexity index is 1540. The number of nitrogens with zero attached hydrogens (tertiary/aromatic N) is 4. The molecule has 210 valence electrons. The normalized spacial score (nSPS) is 18.0. The van der Waals surface area contributed by atoms with Crippen LogP contribution in [0.25, 0.3) is 0 Å². The topological polar surface area (TPSA) is 97.3 Å². The summed E-state index contributed by atoms with van der Waals surface area (Å²) in [6.45, 7) is 2.36. The number of carbonyl (C=O) groups excluding carboxylic acids is 3. The first-order valence-electron chi connectivity index (χ1n) is 13.5. The van der Waals surface area contributed by atoms with Gasteiger partial charge in [0.25, 0.3) is 5.91 Å².